The van der Waals surface area contributed by atoms with Gasteiger partial charge in [0.1, 0.15) is 5.82 Å². The normalized spacial score (nSPS) is 11.5. The SMILES string of the molecule is Cn1c(=O)[nH]c(=O)c2c1nc(N/N=C\c1c(F)cccc1Cl)n2CCCc1ccccc1. The molecule has 0 bridgehead atoms. The van der Waals surface area contributed by atoms with Gasteiger partial charge in [0.15, 0.2) is 11.2 Å². The van der Waals surface area contributed by atoms with E-state index in [1.807, 2.05) is 30.3 Å². The minimum atomic E-state index is -0.565. The van der Waals surface area contributed by atoms with Crippen LogP contribution in [-0.4, -0.2) is 25.3 Å². The molecule has 0 aliphatic carbocycles. The lowest BCUT2D eigenvalue weighted by atomic mass is 10.1. The second-order valence-electron chi connectivity index (χ2n) is 7.17. The average Bonchev–Trinajstić information content (AvgIpc) is 3.14. The molecule has 4 rings (SSSR count). The number of halogens is 2. The van der Waals surface area contributed by atoms with Gasteiger partial charge in [0, 0.05) is 19.2 Å². The van der Waals surface area contributed by atoms with Gasteiger partial charge in [-0.25, -0.2) is 14.6 Å². The summed E-state index contributed by atoms with van der Waals surface area (Å²) in [6.07, 6.45) is 2.75. The Kier molecular flexibility index (Phi) is 6.18. The molecule has 0 radical (unpaired) electrons. The fourth-order valence-electron chi connectivity index (χ4n) is 3.41. The zero-order valence-electron chi connectivity index (χ0n) is 17.2. The summed E-state index contributed by atoms with van der Waals surface area (Å²) in [5, 5.41) is 4.27. The molecule has 0 fully saturated rings. The van der Waals surface area contributed by atoms with Crippen LogP contribution in [0.15, 0.2) is 63.2 Å². The van der Waals surface area contributed by atoms with E-state index in [4.69, 9.17) is 11.6 Å². The number of aromatic nitrogens is 4. The highest BCUT2D eigenvalue weighted by molar-refractivity contribution is 6.33. The van der Waals surface area contributed by atoms with Crippen LogP contribution >= 0.6 is 11.6 Å². The third kappa shape index (κ3) is 4.33. The Morgan fingerprint density at radius 2 is 1.97 bits per heavy atom. The van der Waals surface area contributed by atoms with E-state index in [9.17, 15) is 14.0 Å². The van der Waals surface area contributed by atoms with Crippen molar-refractivity contribution in [3.63, 3.8) is 0 Å². The molecule has 10 heteroatoms. The predicted octanol–water partition coefficient (Wildman–Crippen LogP) is 3.29. The summed E-state index contributed by atoms with van der Waals surface area (Å²) < 4.78 is 16.9. The summed E-state index contributed by atoms with van der Waals surface area (Å²) in [5.41, 5.74) is 3.42. The first kappa shape index (κ1) is 21.5. The molecule has 2 aromatic carbocycles. The number of hydrogen-bond acceptors (Lipinski definition) is 5. The fourth-order valence-corrected chi connectivity index (χ4v) is 3.62. The summed E-state index contributed by atoms with van der Waals surface area (Å²) in [7, 11) is 1.52. The van der Waals surface area contributed by atoms with Crippen LogP contribution in [0.3, 0.4) is 0 Å². The number of hydrogen-bond donors (Lipinski definition) is 2. The van der Waals surface area contributed by atoms with Crippen molar-refractivity contribution in [2.75, 3.05) is 5.43 Å². The van der Waals surface area contributed by atoms with Crippen molar-refractivity contribution in [2.24, 2.45) is 12.1 Å². The number of nitrogens with zero attached hydrogens (tertiary/aromatic N) is 4. The molecule has 4 aromatic rings. The number of aromatic amines is 1. The van der Waals surface area contributed by atoms with E-state index in [-0.39, 0.29) is 27.7 Å². The van der Waals surface area contributed by atoms with E-state index < -0.39 is 17.1 Å². The third-order valence-electron chi connectivity index (χ3n) is 5.05. The molecule has 8 nitrogen and oxygen atoms in total. The van der Waals surface area contributed by atoms with Crippen LogP contribution in [-0.2, 0) is 20.0 Å². The Labute approximate surface area is 187 Å². The Morgan fingerprint density at radius 3 is 2.72 bits per heavy atom. The zero-order chi connectivity index (χ0) is 22.7. The van der Waals surface area contributed by atoms with Crippen molar-refractivity contribution in [1.29, 1.82) is 0 Å². The lowest BCUT2D eigenvalue weighted by molar-refractivity contribution is 0.626. The molecule has 0 unspecified atom stereocenters. The van der Waals surface area contributed by atoms with Gasteiger partial charge in [-0.2, -0.15) is 10.1 Å². The predicted molar refractivity (Wildman–Crippen MR) is 123 cm³/mol. The van der Waals surface area contributed by atoms with E-state index in [2.05, 4.69) is 20.5 Å². The van der Waals surface area contributed by atoms with Crippen LogP contribution in [0.5, 0.6) is 0 Å². The number of fused-ring (bicyclic) bond motifs is 1. The van der Waals surface area contributed by atoms with E-state index in [1.165, 1.54) is 35.5 Å². The van der Waals surface area contributed by atoms with Gasteiger partial charge in [0.2, 0.25) is 5.95 Å². The maximum atomic E-state index is 14.0. The quantitative estimate of drug-likeness (QED) is 0.331. The van der Waals surface area contributed by atoms with Crippen LogP contribution in [0.2, 0.25) is 5.02 Å². The van der Waals surface area contributed by atoms with Crippen molar-refractivity contribution >= 4 is 34.9 Å². The van der Waals surface area contributed by atoms with E-state index in [0.717, 1.165) is 12.8 Å². The van der Waals surface area contributed by atoms with Crippen LogP contribution in [0.25, 0.3) is 11.2 Å². The summed E-state index contributed by atoms with van der Waals surface area (Å²) in [5.74, 6) is -0.262. The van der Waals surface area contributed by atoms with Crippen molar-refractivity contribution in [3.05, 3.63) is 91.3 Å². The Hall–Kier alpha value is -3.72. The molecule has 32 heavy (non-hydrogen) atoms. The standard InChI is InChI=1S/C22H20ClFN6O2/c1-29-19-18(20(31)27-22(29)32)30(12-6-9-14-7-3-2-4-8-14)21(26-19)28-25-13-15-16(23)10-5-11-17(15)24/h2-5,7-8,10-11,13H,6,9,12H2,1H3,(H,26,28)(H,27,31,32)/b25-13-. The van der Waals surface area contributed by atoms with Gasteiger partial charge in [-0.3, -0.25) is 14.3 Å². The molecule has 0 aliphatic heterocycles. The van der Waals surface area contributed by atoms with E-state index >= 15 is 0 Å². The molecule has 0 spiro atoms. The molecule has 2 heterocycles. The number of nitrogens with one attached hydrogen (secondary N) is 2. The third-order valence-corrected chi connectivity index (χ3v) is 5.38. The maximum Gasteiger partial charge on any atom is 0.329 e. The molecular formula is C22H20ClFN6O2. The van der Waals surface area contributed by atoms with Gasteiger partial charge in [-0.1, -0.05) is 48.0 Å². The Balaban J connectivity index is 1.67. The molecule has 0 aliphatic rings. The van der Waals surface area contributed by atoms with E-state index in [1.54, 1.807) is 10.6 Å². The number of H-pyrrole nitrogens is 1. The molecule has 0 amide bonds. The number of anilines is 1. The lowest BCUT2D eigenvalue weighted by Gasteiger charge is -2.08. The first-order chi connectivity index (χ1) is 15.5. The highest BCUT2D eigenvalue weighted by Gasteiger charge is 2.17. The first-order valence-corrected chi connectivity index (χ1v) is 10.3. The minimum Gasteiger partial charge on any atom is -0.303 e. The van der Waals surface area contributed by atoms with Crippen molar-refractivity contribution in [1.82, 2.24) is 19.1 Å². The van der Waals surface area contributed by atoms with Gasteiger partial charge < -0.3 is 4.57 Å². The highest BCUT2D eigenvalue weighted by atomic mass is 35.5. The number of aryl methyl sites for hydroxylation is 3. The number of benzene rings is 2. The van der Waals surface area contributed by atoms with Crippen LogP contribution in [0, 0.1) is 5.82 Å². The number of rotatable bonds is 7. The number of imidazole rings is 1. The van der Waals surface area contributed by atoms with E-state index in [0.29, 0.717) is 6.54 Å². The topological polar surface area (TPSA) is 97.1 Å². The smallest absolute Gasteiger partial charge is 0.303 e. The van der Waals surface area contributed by atoms with Crippen LogP contribution < -0.4 is 16.7 Å². The van der Waals surface area contributed by atoms with Crippen molar-refractivity contribution in [3.8, 4) is 0 Å². The molecular weight excluding hydrogens is 435 g/mol. The fraction of sp³-hybridized carbons (Fsp3) is 0.182. The largest absolute Gasteiger partial charge is 0.329 e. The summed E-state index contributed by atoms with van der Waals surface area (Å²) in [6.45, 7) is 0.449. The monoisotopic (exact) mass is 454 g/mol. The first-order valence-electron chi connectivity index (χ1n) is 9.92. The maximum absolute atomic E-state index is 14.0. The average molecular weight is 455 g/mol. The minimum absolute atomic E-state index is 0.124. The van der Waals surface area contributed by atoms with Gasteiger partial charge in [0.05, 0.1) is 11.2 Å². The summed E-state index contributed by atoms with van der Waals surface area (Å²) >= 11 is 6.03. The Morgan fingerprint density at radius 1 is 1.19 bits per heavy atom. The summed E-state index contributed by atoms with van der Waals surface area (Å²) in [6, 6.07) is 14.3. The second kappa shape index (κ2) is 9.19. The molecule has 0 atom stereocenters. The Bertz CT molecular complexity index is 1390. The number of hydrazone groups is 1. The van der Waals surface area contributed by atoms with Crippen molar-refractivity contribution in [2.45, 2.75) is 19.4 Å². The van der Waals surface area contributed by atoms with Crippen LogP contribution in [0.4, 0.5) is 10.3 Å². The zero-order valence-corrected chi connectivity index (χ0v) is 17.9. The summed E-state index contributed by atoms with van der Waals surface area (Å²) in [4.78, 5) is 31.2. The van der Waals surface area contributed by atoms with Gasteiger partial charge in [-0.15, -0.1) is 0 Å². The van der Waals surface area contributed by atoms with Crippen molar-refractivity contribution < 1.29 is 4.39 Å². The molecule has 0 saturated carbocycles. The second-order valence-corrected chi connectivity index (χ2v) is 7.58. The molecule has 2 N–H and O–H groups in total. The van der Waals surface area contributed by atoms with Gasteiger partial charge in [-0.05, 0) is 30.5 Å². The lowest BCUT2D eigenvalue weighted by Crippen LogP contribution is -2.29. The molecule has 164 valence electrons. The van der Waals surface area contributed by atoms with Gasteiger partial charge >= 0.3 is 5.69 Å². The molecule has 0 saturated heterocycles. The molecule has 2 aromatic heterocycles. The highest BCUT2D eigenvalue weighted by Crippen LogP contribution is 2.19. The van der Waals surface area contributed by atoms with Gasteiger partial charge in [0.25, 0.3) is 5.56 Å². The van der Waals surface area contributed by atoms with Crippen LogP contribution in [0.1, 0.15) is 17.5 Å².